The molecule has 1 saturated heterocycles. The lowest BCUT2D eigenvalue weighted by Gasteiger charge is -2.32. The van der Waals surface area contributed by atoms with Gasteiger partial charge in [-0.05, 0) is 45.4 Å². The van der Waals surface area contributed by atoms with Crippen LogP contribution in [0.1, 0.15) is 57.7 Å². The van der Waals surface area contributed by atoms with Gasteiger partial charge in [0.15, 0.2) is 0 Å². The highest BCUT2D eigenvalue weighted by molar-refractivity contribution is 5.76. The van der Waals surface area contributed by atoms with Gasteiger partial charge in [0, 0.05) is 19.5 Å². The second kappa shape index (κ2) is 5.40. The summed E-state index contributed by atoms with van der Waals surface area (Å²) in [7, 11) is 0. The van der Waals surface area contributed by atoms with Gasteiger partial charge in [-0.15, -0.1) is 5.10 Å². The fraction of sp³-hybridized carbons (Fsp3) is 0.800. The SMILES string of the molecule is CC(C)(N)c1cn(C2CCN(C(=O)CC3CC3)CC2)nn1. The zero-order valence-electron chi connectivity index (χ0n) is 13.0. The average Bonchev–Trinajstić information content (AvgIpc) is 3.09. The maximum atomic E-state index is 12.1. The molecule has 3 rings (SSSR count). The van der Waals surface area contributed by atoms with E-state index < -0.39 is 5.54 Å². The molecule has 1 amide bonds. The van der Waals surface area contributed by atoms with Crippen molar-refractivity contribution in [2.24, 2.45) is 11.7 Å². The number of nitrogens with two attached hydrogens (primary N) is 1. The summed E-state index contributed by atoms with van der Waals surface area (Å²) in [5, 5.41) is 8.39. The molecule has 1 aliphatic carbocycles. The number of amides is 1. The second-order valence-corrected chi connectivity index (χ2v) is 7.06. The normalized spacial score (nSPS) is 20.8. The number of carbonyl (C=O) groups is 1. The summed E-state index contributed by atoms with van der Waals surface area (Å²) in [6, 6.07) is 0.332. The minimum atomic E-state index is -0.459. The summed E-state index contributed by atoms with van der Waals surface area (Å²) in [5.41, 5.74) is 6.40. The van der Waals surface area contributed by atoms with E-state index in [4.69, 9.17) is 5.73 Å². The van der Waals surface area contributed by atoms with Crippen LogP contribution in [0.4, 0.5) is 0 Å². The molecule has 1 aromatic heterocycles. The Hall–Kier alpha value is -1.43. The van der Waals surface area contributed by atoms with Crippen LogP contribution in [0.2, 0.25) is 0 Å². The van der Waals surface area contributed by atoms with Crippen molar-refractivity contribution in [1.29, 1.82) is 0 Å². The molecule has 2 fully saturated rings. The van der Waals surface area contributed by atoms with Crippen molar-refractivity contribution in [3.63, 3.8) is 0 Å². The maximum Gasteiger partial charge on any atom is 0.222 e. The quantitative estimate of drug-likeness (QED) is 0.910. The first-order chi connectivity index (χ1) is 9.93. The van der Waals surface area contributed by atoms with Crippen molar-refractivity contribution in [1.82, 2.24) is 19.9 Å². The van der Waals surface area contributed by atoms with E-state index in [1.54, 1.807) is 0 Å². The maximum absolute atomic E-state index is 12.1. The number of hydrogen-bond donors (Lipinski definition) is 1. The third kappa shape index (κ3) is 3.43. The molecule has 2 aliphatic rings. The summed E-state index contributed by atoms with van der Waals surface area (Å²) in [6.45, 7) is 5.52. The number of aromatic nitrogens is 3. The molecule has 1 aromatic rings. The highest BCUT2D eigenvalue weighted by atomic mass is 16.2. The molecule has 0 bridgehead atoms. The van der Waals surface area contributed by atoms with E-state index >= 15 is 0 Å². The Labute approximate surface area is 125 Å². The van der Waals surface area contributed by atoms with Crippen LogP contribution in [0, 0.1) is 5.92 Å². The first-order valence-electron chi connectivity index (χ1n) is 7.92. The van der Waals surface area contributed by atoms with Gasteiger partial charge in [0.1, 0.15) is 5.69 Å². The van der Waals surface area contributed by atoms with Gasteiger partial charge in [-0.3, -0.25) is 4.79 Å². The van der Waals surface area contributed by atoms with Gasteiger partial charge in [0.25, 0.3) is 0 Å². The van der Waals surface area contributed by atoms with Crippen LogP contribution in [0.3, 0.4) is 0 Å². The van der Waals surface area contributed by atoms with E-state index in [1.807, 2.05) is 29.6 Å². The Morgan fingerprint density at radius 1 is 1.33 bits per heavy atom. The van der Waals surface area contributed by atoms with E-state index in [2.05, 4.69) is 10.3 Å². The molecule has 6 heteroatoms. The van der Waals surface area contributed by atoms with Crippen molar-refractivity contribution in [3.05, 3.63) is 11.9 Å². The molecule has 6 nitrogen and oxygen atoms in total. The minimum absolute atomic E-state index is 0.332. The summed E-state index contributed by atoms with van der Waals surface area (Å²) in [6.07, 6.45) is 7.07. The van der Waals surface area contributed by atoms with Crippen LogP contribution in [0.15, 0.2) is 6.20 Å². The van der Waals surface area contributed by atoms with Crippen molar-refractivity contribution in [3.8, 4) is 0 Å². The zero-order valence-corrected chi connectivity index (χ0v) is 13.0. The Bertz CT molecular complexity index is 506. The van der Waals surface area contributed by atoms with Crippen LogP contribution in [-0.4, -0.2) is 38.9 Å². The van der Waals surface area contributed by atoms with E-state index in [9.17, 15) is 4.79 Å². The molecule has 0 atom stereocenters. The van der Waals surface area contributed by atoms with Gasteiger partial charge in [0.05, 0.1) is 17.8 Å². The smallest absolute Gasteiger partial charge is 0.222 e. The summed E-state index contributed by atoms with van der Waals surface area (Å²) in [4.78, 5) is 14.1. The zero-order chi connectivity index (χ0) is 15.0. The molecule has 1 aliphatic heterocycles. The standard InChI is InChI=1S/C15H25N5O/c1-15(2,16)13-10-20(18-17-13)12-5-7-19(8-6-12)14(21)9-11-3-4-11/h10-12H,3-9,16H2,1-2H3. The second-order valence-electron chi connectivity index (χ2n) is 7.06. The van der Waals surface area contributed by atoms with Gasteiger partial charge in [-0.1, -0.05) is 5.21 Å². The molecular weight excluding hydrogens is 266 g/mol. The third-order valence-electron chi connectivity index (χ3n) is 4.52. The van der Waals surface area contributed by atoms with E-state index in [0.29, 0.717) is 17.9 Å². The molecule has 0 spiro atoms. The Balaban J connectivity index is 1.55. The fourth-order valence-electron chi connectivity index (χ4n) is 2.83. The summed E-state index contributed by atoms with van der Waals surface area (Å²) < 4.78 is 1.92. The molecule has 2 N–H and O–H groups in total. The number of piperidine rings is 1. The molecule has 1 saturated carbocycles. The number of hydrogen-bond acceptors (Lipinski definition) is 4. The van der Waals surface area contributed by atoms with Gasteiger partial charge in [-0.2, -0.15) is 0 Å². The minimum Gasteiger partial charge on any atom is -0.343 e. The largest absolute Gasteiger partial charge is 0.343 e. The van der Waals surface area contributed by atoms with E-state index in [1.165, 1.54) is 12.8 Å². The first kappa shape index (κ1) is 14.5. The van der Waals surface area contributed by atoms with Gasteiger partial charge in [-0.25, -0.2) is 4.68 Å². The van der Waals surface area contributed by atoms with Gasteiger partial charge in [0.2, 0.25) is 5.91 Å². The van der Waals surface area contributed by atoms with Crippen molar-refractivity contribution in [2.45, 2.75) is 57.5 Å². The van der Waals surface area contributed by atoms with Crippen molar-refractivity contribution >= 4 is 5.91 Å². The van der Waals surface area contributed by atoms with Crippen LogP contribution >= 0.6 is 0 Å². The number of likely N-dealkylation sites (tertiary alicyclic amines) is 1. The predicted molar refractivity (Wildman–Crippen MR) is 79.4 cm³/mol. The highest BCUT2D eigenvalue weighted by Crippen LogP contribution is 2.33. The van der Waals surface area contributed by atoms with Crippen molar-refractivity contribution in [2.75, 3.05) is 13.1 Å². The third-order valence-corrected chi connectivity index (χ3v) is 4.52. The monoisotopic (exact) mass is 291 g/mol. The van der Waals surface area contributed by atoms with E-state index in [0.717, 1.165) is 38.0 Å². The number of rotatable bonds is 4. The molecule has 21 heavy (non-hydrogen) atoms. The average molecular weight is 291 g/mol. The lowest BCUT2D eigenvalue weighted by atomic mass is 10.0. The number of nitrogens with zero attached hydrogens (tertiary/aromatic N) is 4. The molecule has 2 heterocycles. The summed E-state index contributed by atoms with van der Waals surface area (Å²) >= 11 is 0. The predicted octanol–water partition coefficient (Wildman–Crippen LogP) is 1.44. The van der Waals surface area contributed by atoms with Crippen LogP contribution in [0.5, 0.6) is 0 Å². The van der Waals surface area contributed by atoms with E-state index in [-0.39, 0.29) is 0 Å². The van der Waals surface area contributed by atoms with Gasteiger partial charge >= 0.3 is 0 Å². The molecular formula is C15H25N5O. The van der Waals surface area contributed by atoms with Crippen LogP contribution in [0.25, 0.3) is 0 Å². The topological polar surface area (TPSA) is 77.0 Å². The fourth-order valence-corrected chi connectivity index (χ4v) is 2.83. The number of carbonyl (C=O) groups excluding carboxylic acids is 1. The highest BCUT2D eigenvalue weighted by Gasteiger charge is 2.30. The van der Waals surface area contributed by atoms with Crippen LogP contribution < -0.4 is 5.73 Å². The molecule has 0 aromatic carbocycles. The Kier molecular flexibility index (Phi) is 3.73. The first-order valence-corrected chi connectivity index (χ1v) is 7.92. The summed E-state index contributed by atoms with van der Waals surface area (Å²) in [5.74, 6) is 0.998. The molecule has 0 unspecified atom stereocenters. The Morgan fingerprint density at radius 3 is 2.52 bits per heavy atom. The molecule has 116 valence electrons. The molecule has 0 radical (unpaired) electrons. The Morgan fingerprint density at radius 2 is 2.00 bits per heavy atom. The van der Waals surface area contributed by atoms with Gasteiger partial charge < -0.3 is 10.6 Å². The van der Waals surface area contributed by atoms with Crippen molar-refractivity contribution < 1.29 is 4.79 Å². The lowest BCUT2D eigenvalue weighted by molar-refractivity contribution is -0.132. The lowest BCUT2D eigenvalue weighted by Crippen LogP contribution is -2.39. The van der Waals surface area contributed by atoms with Crippen LogP contribution in [-0.2, 0) is 10.3 Å².